The highest BCUT2D eigenvalue weighted by atomic mass is 16.3. The summed E-state index contributed by atoms with van der Waals surface area (Å²) in [4.78, 5) is 0. The van der Waals surface area contributed by atoms with Gasteiger partial charge in [0.05, 0.1) is 6.54 Å². The molecule has 0 saturated carbocycles. The Morgan fingerprint density at radius 3 is 2.58 bits per heavy atom. The number of furan rings is 1. The lowest BCUT2D eigenvalue weighted by Crippen LogP contribution is -2.10. The Morgan fingerprint density at radius 2 is 1.79 bits per heavy atom. The van der Waals surface area contributed by atoms with Crippen molar-refractivity contribution < 1.29 is 4.42 Å². The predicted molar refractivity (Wildman–Crippen MR) is 79.0 cm³/mol. The molecule has 1 heterocycles. The lowest BCUT2D eigenvalue weighted by molar-refractivity contribution is 0.520. The van der Waals surface area contributed by atoms with Gasteiger partial charge in [0.25, 0.3) is 0 Å². The van der Waals surface area contributed by atoms with Crippen molar-refractivity contribution in [3.05, 3.63) is 60.4 Å². The van der Waals surface area contributed by atoms with E-state index in [9.17, 15) is 0 Å². The van der Waals surface area contributed by atoms with Crippen molar-refractivity contribution in [2.45, 2.75) is 13.5 Å². The smallest absolute Gasteiger partial charge is 0.134 e. The van der Waals surface area contributed by atoms with Crippen LogP contribution in [0.5, 0.6) is 0 Å². The minimum atomic E-state index is 0.784. The molecule has 1 N–H and O–H groups in total. The molecule has 2 nitrogen and oxygen atoms in total. The second-order valence-electron chi connectivity index (χ2n) is 4.61. The summed E-state index contributed by atoms with van der Waals surface area (Å²) in [6.45, 7) is 3.83. The quantitative estimate of drug-likeness (QED) is 0.751. The number of fused-ring (bicyclic) bond motifs is 1. The SMILES string of the molecule is CCNCc1cc2cc(-c3ccccc3)ccc2o1. The van der Waals surface area contributed by atoms with Crippen molar-refractivity contribution in [1.82, 2.24) is 5.32 Å². The first kappa shape index (κ1) is 12.0. The molecular weight excluding hydrogens is 234 g/mol. The van der Waals surface area contributed by atoms with E-state index in [4.69, 9.17) is 4.42 Å². The Hall–Kier alpha value is -2.06. The number of rotatable bonds is 4. The third-order valence-electron chi connectivity index (χ3n) is 3.22. The molecule has 2 aromatic carbocycles. The third kappa shape index (κ3) is 2.54. The lowest BCUT2D eigenvalue weighted by atomic mass is 10.0. The second kappa shape index (κ2) is 5.29. The first-order valence-electron chi connectivity index (χ1n) is 6.65. The van der Waals surface area contributed by atoms with Crippen LogP contribution in [0.2, 0.25) is 0 Å². The lowest BCUT2D eigenvalue weighted by Gasteiger charge is -2.00. The summed E-state index contributed by atoms with van der Waals surface area (Å²) in [6, 6.07) is 18.9. The van der Waals surface area contributed by atoms with Crippen LogP contribution in [0.4, 0.5) is 0 Å². The monoisotopic (exact) mass is 251 g/mol. The first-order chi connectivity index (χ1) is 9.36. The molecule has 0 fully saturated rings. The molecule has 0 radical (unpaired) electrons. The van der Waals surface area contributed by atoms with Crippen molar-refractivity contribution in [3.63, 3.8) is 0 Å². The molecule has 2 heteroatoms. The number of nitrogens with one attached hydrogen (secondary N) is 1. The first-order valence-corrected chi connectivity index (χ1v) is 6.65. The van der Waals surface area contributed by atoms with E-state index in [0.29, 0.717) is 0 Å². The van der Waals surface area contributed by atoms with Crippen molar-refractivity contribution >= 4 is 11.0 Å². The van der Waals surface area contributed by atoms with Gasteiger partial charge >= 0.3 is 0 Å². The Morgan fingerprint density at radius 1 is 0.947 bits per heavy atom. The van der Waals surface area contributed by atoms with Crippen LogP contribution in [0, 0.1) is 0 Å². The van der Waals surface area contributed by atoms with E-state index in [2.05, 4.69) is 54.7 Å². The minimum Gasteiger partial charge on any atom is -0.460 e. The van der Waals surface area contributed by atoms with E-state index >= 15 is 0 Å². The molecule has 0 saturated heterocycles. The predicted octanol–water partition coefficient (Wildman–Crippen LogP) is 4.21. The van der Waals surface area contributed by atoms with Gasteiger partial charge in [0.2, 0.25) is 0 Å². The van der Waals surface area contributed by atoms with E-state index in [1.807, 2.05) is 12.1 Å². The minimum absolute atomic E-state index is 0.784. The average Bonchev–Trinajstić information content (AvgIpc) is 2.87. The topological polar surface area (TPSA) is 25.2 Å². The van der Waals surface area contributed by atoms with Gasteiger partial charge in [-0.05, 0) is 35.9 Å². The fourth-order valence-electron chi connectivity index (χ4n) is 2.24. The fraction of sp³-hybridized carbons (Fsp3) is 0.176. The van der Waals surface area contributed by atoms with E-state index in [0.717, 1.165) is 29.8 Å². The number of hydrogen-bond donors (Lipinski definition) is 1. The molecular formula is C17H17NO. The van der Waals surface area contributed by atoms with Crippen molar-refractivity contribution in [3.8, 4) is 11.1 Å². The summed E-state index contributed by atoms with van der Waals surface area (Å²) in [7, 11) is 0. The second-order valence-corrected chi connectivity index (χ2v) is 4.61. The van der Waals surface area contributed by atoms with Gasteiger partial charge < -0.3 is 9.73 Å². The van der Waals surface area contributed by atoms with Crippen LogP contribution in [0.15, 0.2) is 59.0 Å². The molecule has 19 heavy (non-hydrogen) atoms. The highest BCUT2D eigenvalue weighted by Gasteiger charge is 2.05. The maximum Gasteiger partial charge on any atom is 0.134 e. The van der Waals surface area contributed by atoms with Crippen LogP contribution >= 0.6 is 0 Å². The zero-order valence-corrected chi connectivity index (χ0v) is 11.0. The van der Waals surface area contributed by atoms with Crippen LogP contribution < -0.4 is 5.32 Å². The molecule has 1 aromatic heterocycles. The molecule has 0 bridgehead atoms. The standard InChI is InChI=1S/C17H17NO/c1-2-18-12-16-11-15-10-14(8-9-17(15)19-16)13-6-4-3-5-7-13/h3-11,18H,2,12H2,1H3. The van der Waals surface area contributed by atoms with Gasteiger partial charge in [-0.15, -0.1) is 0 Å². The summed E-state index contributed by atoms with van der Waals surface area (Å²) in [6.07, 6.45) is 0. The molecule has 0 aliphatic carbocycles. The molecule has 3 aromatic rings. The Kier molecular flexibility index (Phi) is 3.34. The molecule has 96 valence electrons. The summed E-state index contributed by atoms with van der Waals surface area (Å²) in [5, 5.41) is 4.44. The highest BCUT2D eigenvalue weighted by Crippen LogP contribution is 2.26. The van der Waals surface area contributed by atoms with Gasteiger partial charge in [-0.3, -0.25) is 0 Å². The van der Waals surface area contributed by atoms with Gasteiger partial charge in [-0.25, -0.2) is 0 Å². The molecule has 0 aliphatic heterocycles. The van der Waals surface area contributed by atoms with Crippen molar-refractivity contribution in [2.24, 2.45) is 0 Å². The summed E-state index contributed by atoms with van der Waals surface area (Å²) < 4.78 is 5.80. The molecule has 0 amide bonds. The maximum atomic E-state index is 5.80. The van der Waals surface area contributed by atoms with Crippen molar-refractivity contribution in [1.29, 1.82) is 0 Å². The average molecular weight is 251 g/mol. The van der Waals surface area contributed by atoms with Crippen LogP contribution in [0.3, 0.4) is 0 Å². The van der Waals surface area contributed by atoms with Gasteiger partial charge in [-0.2, -0.15) is 0 Å². The van der Waals surface area contributed by atoms with Gasteiger partial charge in [0.15, 0.2) is 0 Å². The van der Waals surface area contributed by atoms with E-state index in [1.54, 1.807) is 0 Å². The molecule has 0 unspecified atom stereocenters. The number of benzene rings is 2. The molecule has 0 atom stereocenters. The van der Waals surface area contributed by atoms with Crippen LogP contribution in [-0.2, 0) is 6.54 Å². The van der Waals surface area contributed by atoms with Crippen LogP contribution in [0.1, 0.15) is 12.7 Å². The summed E-state index contributed by atoms with van der Waals surface area (Å²) >= 11 is 0. The number of hydrogen-bond acceptors (Lipinski definition) is 2. The largest absolute Gasteiger partial charge is 0.460 e. The van der Waals surface area contributed by atoms with Gasteiger partial charge in [0, 0.05) is 5.39 Å². The molecule has 3 rings (SSSR count). The zero-order valence-electron chi connectivity index (χ0n) is 11.0. The van der Waals surface area contributed by atoms with E-state index in [-0.39, 0.29) is 0 Å². The van der Waals surface area contributed by atoms with Gasteiger partial charge in [-0.1, -0.05) is 43.3 Å². The maximum absolute atomic E-state index is 5.80. The van der Waals surface area contributed by atoms with E-state index < -0.39 is 0 Å². The Bertz CT molecular complexity index is 670. The van der Waals surface area contributed by atoms with Gasteiger partial charge in [0.1, 0.15) is 11.3 Å². The summed E-state index contributed by atoms with van der Waals surface area (Å²) in [5.74, 6) is 0.988. The summed E-state index contributed by atoms with van der Waals surface area (Å²) in [5.41, 5.74) is 3.41. The Labute approximate surface area is 113 Å². The normalized spacial score (nSPS) is 11.0. The Balaban J connectivity index is 1.97. The third-order valence-corrected chi connectivity index (χ3v) is 3.22. The van der Waals surface area contributed by atoms with E-state index in [1.165, 1.54) is 11.1 Å². The highest BCUT2D eigenvalue weighted by molar-refractivity contribution is 5.84. The van der Waals surface area contributed by atoms with Crippen LogP contribution in [-0.4, -0.2) is 6.54 Å². The van der Waals surface area contributed by atoms with Crippen LogP contribution in [0.25, 0.3) is 22.1 Å². The zero-order chi connectivity index (χ0) is 13.1. The molecule has 0 aliphatic rings. The fourth-order valence-corrected chi connectivity index (χ4v) is 2.24. The molecule has 0 spiro atoms. The van der Waals surface area contributed by atoms with Crippen molar-refractivity contribution in [2.75, 3.05) is 6.54 Å².